The lowest BCUT2D eigenvalue weighted by atomic mass is 9.88. The summed E-state index contributed by atoms with van der Waals surface area (Å²) in [5, 5.41) is 3.55. The molecule has 1 aliphatic rings. The van der Waals surface area contributed by atoms with Crippen molar-refractivity contribution in [1.82, 2.24) is 5.32 Å². The highest BCUT2D eigenvalue weighted by Gasteiger charge is 2.25. The average molecular weight is 157 g/mol. The molecule has 2 nitrogen and oxygen atoms in total. The molecule has 1 unspecified atom stereocenters. The van der Waals surface area contributed by atoms with Crippen LogP contribution in [0.4, 0.5) is 0 Å². The lowest BCUT2D eigenvalue weighted by molar-refractivity contribution is 0.146. The SMILES string of the molecule is COCCC1(C)CCCCN1. The van der Waals surface area contributed by atoms with Gasteiger partial charge >= 0.3 is 0 Å². The minimum Gasteiger partial charge on any atom is -0.385 e. The first-order valence-electron chi connectivity index (χ1n) is 4.51. The normalized spacial score (nSPS) is 32.2. The van der Waals surface area contributed by atoms with Gasteiger partial charge in [-0.05, 0) is 32.7 Å². The maximum Gasteiger partial charge on any atom is 0.0479 e. The summed E-state index contributed by atoms with van der Waals surface area (Å²) in [6.07, 6.45) is 5.15. The van der Waals surface area contributed by atoms with Gasteiger partial charge < -0.3 is 10.1 Å². The molecular formula is C9H19NO. The van der Waals surface area contributed by atoms with Crippen molar-refractivity contribution < 1.29 is 4.74 Å². The second-order valence-corrected chi connectivity index (χ2v) is 3.69. The third-order valence-electron chi connectivity index (χ3n) is 2.57. The van der Waals surface area contributed by atoms with Crippen LogP contribution < -0.4 is 5.32 Å². The van der Waals surface area contributed by atoms with E-state index in [2.05, 4.69) is 12.2 Å². The third-order valence-corrected chi connectivity index (χ3v) is 2.57. The van der Waals surface area contributed by atoms with Crippen molar-refractivity contribution >= 4 is 0 Å². The third kappa shape index (κ3) is 2.80. The van der Waals surface area contributed by atoms with Crippen LogP contribution in [-0.2, 0) is 4.74 Å². The highest BCUT2D eigenvalue weighted by molar-refractivity contribution is 4.85. The van der Waals surface area contributed by atoms with Crippen molar-refractivity contribution in [3.63, 3.8) is 0 Å². The van der Waals surface area contributed by atoms with Crippen molar-refractivity contribution in [2.24, 2.45) is 0 Å². The van der Waals surface area contributed by atoms with E-state index in [1.807, 2.05) is 0 Å². The molecule has 0 saturated carbocycles. The summed E-state index contributed by atoms with van der Waals surface area (Å²) in [6, 6.07) is 0. The number of rotatable bonds is 3. The van der Waals surface area contributed by atoms with E-state index in [0.717, 1.165) is 13.0 Å². The number of methoxy groups -OCH3 is 1. The van der Waals surface area contributed by atoms with Crippen LogP contribution in [0.3, 0.4) is 0 Å². The standard InChI is InChI=1S/C9H19NO/c1-9(6-8-11-2)5-3-4-7-10-9/h10H,3-8H2,1-2H3. The summed E-state index contributed by atoms with van der Waals surface area (Å²) in [7, 11) is 1.77. The quantitative estimate of drug-likeness (QED) is 0.671. The molecule has 0 spiro atoms. The van der Waals surface area contributed by atoms with E-state index >= 15 is 0 Å². The number of ether oxygens (including phenoxy) is 1. The Morgan fingerprint density at radius 3 is 2.82 bits per heavy atom. The predicted molar refractivity (Wildman–Crippen MR) is 46.8 cm³/mol. The van der Waals surface area contributed by atoms with Crippen LogP contribution in [0, 0.1) is 0 Å². The second kappa shape index (κ2) is 4.07. The summed E-state index contributed by atoms with van der Waals surface area (Å²) < 4.78 is 5.07. The van der Waals surface area contributed by atoms with E-state index in [-0.39, 0.29) is 0 Å². The molecule has 0 aliphatic carbocycles. The summed E-state index contributed by atoms with van der Waals surface area (Å²) >= 11 is 0. The van der Waals surface area contributed by atoms with Gasteiger partial charge in [-0.3, -0.25) is 0 Å². The van der Waals surface area contributed by atoms with E-state index in [0.29, 0.717) is 5.54 Å². The molecule has 0 aromatic rings. The van der Waals surface area contributed by atoms with Gasteiger partial charge in [-0.2, -0.15) is 0 Å². The van der Waals surface area contributed by atoms with Crippen molar-refractivity contribution in [2.45, 2.75) is 38.1 Å². The zero-order chi connectivity index (χ0) is 8.16. The van der Waals surface area contributed by atoms with Gasteiger partial charge in [0.05, 0.1) is 0 Å². The first-order valence-corrected chi connectivity index (χ1v) is 4.51. The highest BCUT2D eigenvalue weighted by atomic mass is 16.5. The van der Waals surface area contributed by atoms with Crippen LogP contribution in [0.2, 0.25) is 0 Å². The van der Waals surface area contributed by atoms with Crippen molar-refractivity contribution in [3.05, 3.63) is 0 Å². The molecule has 1 atom stereocenters. The summed E-state index contributed by atoms with van der Waals surface area (Å²) in [5.41, 5.74) is 0.355. The molecule has 1 saturated heterocycles. The Balaban J connectivity index is 2.25. The van der Waals surface area contributed by atoms with Crippen LogP contribution in [0.5, 0.6) is 0 Å². The summed E-state index contributed by atoms with van der Waals surface area (Å²) in [4.78, 5) is 0. The Hall–Kier alpha value is -0.0800. The van der Waals surface area contributed by atoms with Gasteiger partial charge in [0.25, 0.3) is 0 Å². The largest absolute Gasteiger partial charge is 0.385 e. The molecule has 0 aromatic carbocycles. The van der Waals surface area contributed by atoms with Crippen molar-refractivity contribution in [1.29, 1.82) is 0 Å². The van der Waals surface area contributed by atoms with Crippen LogP contribution in [0.25, 0.3) is 0 Å². The maximum atomic E-state index is 5.07. The molecule has 1 rings (SSSR count). The average Bonchev–Trinajstić information content (AvgIpc) is 2.03. The van der Waals surface area contributed by atoms with Crippen LogP contribution >= 0.6 is 0 Å². The van der Waals surface area contributed by atoms with Crippen LogP contribution in [-0.4, -0.2) is 25.8 Å². The predicted octanol–water partition coefficient (Wildman–Crippen LogP) is 1.56. The van der Waals surface area contributed by atoms with Gasteiger partial charge in [0.15, 0.2) is 0 Å². The molecule has 66 valence electrons. The fourth-order valence-corrected chi connectivity index (χ4v) is 1.66. The minimum absolute atomic E-state index is 0.355. The van der Waals surface area contributed by atoms with Gasteiger partial charge in [-0.1, -0.05) is 6.42 Å². The molecular weight excluding hydrogens is 138 g/mol. The molecule has 2 heteroatoms. The van der Waals surface area contributed by atoms with Gasteiger partial charge in [0.2, 0.25) is 0 Å². The Labute approximate surface area is 69.3 Å². The number of hydrogen-bond acceptors (Lipinski definition) is 2. The lowest BCUT2D eigenvalue weighted by Crippen LogP contribution is -2.46. The molecule has 0 aromatic heterocycles. The van der Waals surface area contributed by atoms with Gasteiger partial charge in [0, 0.05) is 19.3 Å². The molecule has 0 radical (unpaired) electrons. The molecule has 1 heterocycles. The first-order chi connectivity index (χ1) is 5.27. The van der Waals surface area contributed by atoms with Gasteiger partial charge in [-0.25, -0.2) is 0 Å². The molecule has 1 aliphatic heterocycles. The van der Waals surface area contributed by atoms with E-state index in [4.69, 9.17) is 4.74 Å². The van der Waals surface area contributed by atoms with Crippen LogP contribution in [0.1, 0.15) is 32.6 Å². The maximum absolute atomic E-state index is 5.07. The zero-order valence-electron chi connectivity index (χ0n) is 7.65. The fourth-order valence-electron chi connectivity index (χ4n) is 1.66. The molecule has 0 amide bonds. The molecule has 11 heavy (non-hydrogen) atoms. The van der Waals surface area contributed by atoms with E-state index in [9.17, 15) is 0 Å². The first kappa shape index (κ1) is 9.01. The second-order valence-electron chi connectivity index (χ2n) is 3.69. The fraction of sp³-hybridized carbons (Fsp3) is 1.00. The Morgan fingerprint density at radius 1 is 1.45 bits per heavy atom. The summed E-state index contributed by atoms with van der Waals surface area (Å²) in [6.45, 7) is 4.36. The number of nitrogens with one attached hydrogen (secondary N) is 1. The van der Waals surface area contributed by atoms with Crippen molar-refractivity contribution in [3.8, 4) is 0 Å². The van der Waals surface area contributed by atoms with Crippen molar-refractivity contribution in [2.75, 3.05) is 20.3 Å². The monoisotopic (exact) mass is 157 g/mol. The topological polar surface area (TPSA) is 21.3 Å². The minimum atomic E-state index is 0.355. The summed E-state index contributed by atoms with van der Waals surface area (Å²) in [5.74, 6) is 0. The Bertz CT molecular complexity index is 108. The number of piperidine rings is 1. The van der Waals surface area contributed by atoms with E-state index < -0.39 is 0 Å². The zero-order valence-corrected chi connectivity index (χ0v) is 7.65. The van der Waals surface area contributed by atoms with E-state index in [1.165, 1.54) is 25.8 Å². The van der Waals surface area contributed by atoms with Gasteiger partial charge in [0.1, 0.15) is 0 Å². The molecule has 0 bridgehead atoms. The highest BCUT2D eigenvalue weighted by Crippen LogP contribution is 2.21. The van der Waals surface area contributed by atoms with Gasteiger partial charge in [-0.15, -0.1) is 0 Å². The smallest absolute Gasteiger partial charge is 0.0479 e. The Morgan fingerprint density at radius 2 is 2.27 bits per heavy atom. The lowest BCUT2D eigenvalue weighted by Gasteiger charge is -2.34. The van der Waals surface area contributed by atoms with E-state index in [1.54, 1.807) is 7.11 Å². The molecule has 1 fully saturated rings. The number of hydrogen-bond donors (Lipinski definition) is 1. The van der Waals surface area contributed by atoms with Crippen LogP contribution in [0.15, 0.2) is 0 Å². The molecule has 1 N–H and O–H groups in total. The Kier molecular flexibility index (Phi) is 3.34.